The maximum absolute atomic E-state index is 12.3. The van der Waals surface area contributed by atoms with Gasteiger partial charge in [-0.2, -0.15) is 5.10 Å². The highest BCUT2D eigenvalue weighted by Crippen LogP contribution is 2.09. The van der Waals surface area contributed by atoms with Gasteiger partial charge >= 0.3 is 5.69 Å². The molecule has 3 rings (SSSR count). The highest BCUT2D eigenvalue weighted by Gasteiger charge is 2.16. The van der Waals surface area contributed by atoms with Crippen molar-refractivity contribution >= 4 is 5.96 Å². The summed E-state index contributed by atoms with van der Waals surface area (Å²) in [5.41, 5.74) is 0.0451. The molecule has 2 N–H and O–H groups in total. The number of aryl methyl sites for hydroxylation is 2. The Kier molecular flexibility index (Phi) is 7.11. The largest absolute Gasteiger partial charge is 0.356 e. The first-order valence-electron chi connectivity index (χ1n) is 10.1. The van der Waals surface area contributed by atoms with Crippen LogP contribution in [-0.2, 0) is 19.5 Å². The Bertz CT molecular complexity index is 642. The van der Waals surface area contributed by atoms with Crippen LogP contribution in [0.5, 0.6) is 0 Å². The van der Waals surface area contributed by atoms with Crippen LogP contribution in [0.25, 0.3) is 0 Å². The molecule has 2 aliphatic heterocycles. The fourth-order valence-electron chi connectivity index (χ4n) is 3.77. The number of piperidine rings is 1. The Hall–Kier alpha value is -1.83. The van der Waals surface area contributed by atoms with Crippen molar-refractivity contribution in [3.8, 4) is 0 Å². The van der Waals surface area contributed by atoms with Crippen LogP contribution in [0.2, 0.25) is 0 Å². The van der Waals surface area contributed by atoms with Gasteiger partial charge in [-0.1, -0.05) is 6.42 Å². The van der Waals surface area contributed by atoms with Crippen LogP contribution >= 0.6 is 0 Å². The van der Waals surface area contributed by atoms with Crippen LogP contribution < -0.4 is 16.3 Å². The summed E-state index contributed by atoms with van der Waals surface area (Å²) >= 11 is 0. The molecule has 8 nitrogen and oxygen atoms in total. The number of hydrogen-bond donors (Lipinski definition) is 2. The van der Waals surface area contributed by atoms with Gasteiger partial charge < -0.3 is 15.5 Å². The van der Waals surface area contributed by atoms with E-state index < -0.39 is 0 Å². The van der Waals surface area contributed by atoms with Crippen molar-refractivity contribution in [2.45, 2.75) is 58.0 Å². The van der Waals surface area contributed by atoms with Gasteiger partial charge in [-0.05, 0) is 45.2 Å². The minimum atomic E-state index is 0.0451. The van der Waals surface area contributed by atoms with Crippen LogP contribution in [-0.4, -0.2) is 65.0 Å². The second kappa shape index (κ2) is 9.75. The highest BCUT2D eigenvalue weighted by molar-refractivity contribution is 5.79. The number of aromatic nitrogens is 3. The van der Waals surface area contributed by atoms with E-state index in [-0.39, 0.29) is 5.69 Å². The predicted octanol–water partition coefficient (Wildman–Crippen LogP) is 0.422. The molecule has 26 heavy (non-hydrogen) atoms. The Morgan fingerprint density at radius 3 is 2.58 bits per heavy atom. The molecule has 1 aromatic rings. The second-order valence-electron chi connectivity index (χ2n) is 7.21. The zero-order chi connectivity index (χ0) is 18.2. The van der Waals surface area contributed by atoms with E-state index in [1.54, 1.807) is 11.7 Å². The summed E-state index contributed by atoms with van der Waals surface area (Å²) in [4.78, 5) is 19.1. The van der Waals surface area contributed by atoms with Crippen molar-refractivity contribution in [3.05, 3.63) is 16.3 Å². The lowest BCUT2D eigenvalue weighted by Gasteiger charge is -2.26. The topological polar surface area (TPSA) is 79.5 Å². The summed E-state index contributed by atoms with van der Waals surface area (Å²) < 4.78 is 3.45. The minimum Gasteiger partial charge on any atom is -0.356 e. The number of guanidine groups is 1. The molecule has 0 amide bonds. The van der Waals surface area contributed by atoms with Crippen molar-refractivity contribution in [3.63, 3.8) is 0 Å². The van der Waals surface area contributed by atoms with Crippen molar-refractivity contribution in [2.24, 2.45) is 4.99 Å². The summed E-state index contributed by atoms with van der Waals surface area (Å²) in [5.74, 6) is 1.78. The van der Waals surface area contributed by atoms with Gasteiger partial charge in [-0.3, -0.25) is 9.56 Å². The molecule has 0 unspecified atom stereocenters. The molecule has 1 aromatic heterocycles. The van der Waals surface area contributed by atoms with E-state index in [1.807, 2.05) is 4.57 Å². The fourth-order valence-corrected chi connectivity index (χ4v) is 3.77. The molecule has 8 heteroatoms. The monoisotopic (exact) mass is 363 g/mol. The third-order valence-corrected chi connectivity index (χ3v) is 5.26. The van der Waals surface area contributed by atoms with Gasteiger partial charge in [0.15, 0.2) is 5.96 Å². The van der Waals surface area contributed by atoms with Gasteiger partial charge in [-0.15, -0.1) is 0 Å². The van der Waals surface area contributed by atoms with Crippen molar-refractivity contribution in [1.82, 2.24) is 29.9 Å². The molecule has 0 aromatic carbocycles. The van der Waals surface area contributed by atoms with E-state index >= 15 is 0 Å². The van der Waals surface area contributed by atoms with E-state index in [4.69, 9.17) is 0 Å². The zero-order valence-corrected chi connectivity index (χ0v) is 16.0. The number of likely N-dealkylation sites (tertiary alicyclic amines) is 1. The predicted molar refractivity (Wildman–Crippen MR) is 104 cm³/mol. The standard InChI is InChI=1S/C18H33N7O/c1-19-17(21-10-15-23-11-4-2-5-12-23)20-9-7-14-25-18(26)24-13-6-3-8-16(24)22-25/h2-15H2,1H3,(H2,19,20,21). The summed E-state index contributed by atoms with van der Waals surface area (Å²) in [6, 6.07) is 0. The smallest absolute Gasteiger partial charge is 0.345 e. The molecule has 0 saturated carbocycles. The fraction of sp³-hybridized carbons (Fsp3) is 0.833. The lowest BCUT2D eigenvalue weighted by molar-refractivity contribution is 0.232. The molecule has 0 spiro atoms. The Morgan fingerprint density at radius 2 is 1.81 bits per heavy atom. The summed E-state index contributed by atoms with van der Waals surface area (Å²) in [5, 5.41) is 11.2. The Balaban J connectivity index is 1.34. The van der Waals surface area contributed by atoms with Gasteiger partial charge in [0.25, 0.3) is 0 Å². The summed E-state index contributed by atoms with van der Waals surface area (Å²) in [6.45, 7) is 6.66. The molecular weight excluding hydrogens is 330 g/mol. The number of aliphatic imine (C=N–C) groups is 1. The third-order valence-electron chi connectivity index (χ3n) is 5.26. The molecule has 0 aliphatic carbocycles. The molecule has 0 atom stereocenters. The van der Waals surface area contributed by atoms with Gasteiger partial charge in [0.2, 0.25) is 0 Å². The molecule has 1 fully saturated rings. The molecule has 146 valence electrons. The zero-order valence-electron chi connectivity index (χ0n) is 16.0. The number of nitrogens with zero attached hydrogens (tertiary/aromatic N) is 5. The summed E-state index contributed by atoms with van der Waals surface area (Å²) in [6.07, 6.45) is 8.01. The van der Waals surface area contributed by atoms with E-state index in [0.717, 1.165) is 63.6 Å². The second-order valence-corrected chi connectivity index (χ2v) is 7.21. The molecular formula is C18H33N7O. The van der Waals surface area contributed by atoms with Crippen molar-refractivity contribution in [2.75, 3.05) is 39.8 Å². The Labute approximate surface area is 155 Å². The SMILES string of the molecule is CN=C(NCCCn1nc2n(c1=O)CCCC2)NCCN1CCCCC1. The van der Waals surface area contributed by atoms with Crippen LogP contribution in [0.1, 0.15) is 44.3 Å². The maximum atomic E-state index is 12.3. The summed E-state index contributed by atoms with van der Waals surface area (Å²) in [7, 11) is 1.80. The first-order chi connectivity index (χ1) is 12.8. The quantitative estimate of drug-likeness (QED) is 0.417. The number of fused-ring (bicyclic) bond motifs is 1. The lowest BCUT2D eigenvalue weighted by atomic mass is 10.1. The van der Waals surface area contributed by atoms with Gasteiger partial charge in [-0.25, -0.2) is 9.48 Å². The molecule has 0 radical (unpaired) electrons. The number of nitrogens with one attached hydrogen (secondary N) is 2. The van der Waals surface area contributed by atoms with Crippen LogP contribution in [0, 0.1) is 0 Å². The average molecular weight is 364 g/mol. The first kappa shape index (κ1) is 18.9. The van der Waals surface area contributed by atoms with Crippen molar-refractivity contribution in [1.29, 1.82) is 0 Å². The maximum Gasteiger partial charge on any atom is 0.345 e. The molecule has 3 heterocycles. The normalized spacial score (nSPS) is 18.6. The first-order valence-corrected chi connectivity index (χ1v) is 10.1. The van der Waals surface area contributed by atoms with Gasteiger partial charge in [0, 0.05) is 46.2 Å². The van der Waals surface area contributed by atoms with Gasteiger partial charge in [0.1, 0.15) is 5.82 Å². The van der Waals surface area contributed by atoms with E-state index in [0.29, 0.717) is 6.54 Å². The van der Waals surface area contributed by atoms with E-state index in [2.05, 4.69) is 25.6 Å². The third kappa shape index (κ3) is 5.09. The highest BCUT2D eigenvalue weighted by atomic mass is 16.2. The van der Waals surface area contributed by atoms with Crippen LogP contribution in [0.4, 0.5) is 0 Å². The lowest BCUT2D eigenvalue weighted by Crippen LogP contribution is -2.43. The molecule has 0 bridgehead atoms. The van der Waals surface area contributed by atoms with Gasteiger partial charge in [0.05, 0.1) is 0 Å². The number of rotatable bonds is 7. The minimum absolute atomic E-state index is 0.0451. The van der Waals surface area contributed by atoms with Crippen LogP contribution in [0.3, 0.4) is 0 Å². The van der Waals surface area contributed by atoms with E-state index in [1.165, 1.54) is 32.4 Å². The number of hydrogen-bond acceptors (Lipinski definition) is 4. The van der Waals surface area contributed by atoms with Crippen LogP contribution in [0.15, 0.2) is 9.79 Å². The Morgan fingerprint density at radius 1 is 1.04 bits per heavy atom. The molecule has 2 aliphatic rings. The van der Waals surface area contributed by atoms with Crippen molar-refractivity contribution < 1.29 is 0 Å². The van der Waals surface area contributed by atoms with E-state index in [9.17, 15) is 4.79 Å². The average Bonchev–Trinajstić information content (AvgIpc) is 3.00. The molecule has 1 saturated heterocycles.